The minimum absolute atomic E-state index is 0.255. The Morgan fingerprint density at radius 2 is 2.40 bits per heavy atom. The summed E-state index contributed by atoms with van der Waals surface area (Å²) in [6.07, 6.45) is 2.85. The third kappa shape index (κ3) is 3.30. The number of rotatable bonds is 6. The molecule has 1 heterocycles. The Morgan fingerprint density at radius 3 is 3.00 bits per heavy atom. The maximum Gasteiger partial charge on any atom is 0.352 e. The lowest BCUT2D eigenvalue weighted by molar-refractivity contribution is 0.0683. The molecule has 3 nitrogen and oxygen atoms in total. The first kappa shape index (κ1) is 12.2. The van der Waals surface area contributed by atoms with E-state index in [-0.39, 0.29) is 6.04 Å². The number of aromatic carboxylic acids is 1. The van der Waals surface area contributed by atoms with Gasteiger partial charge in [-0.25, -0.2) is 4.79 Å². The van der Waals surface area contributed by atoms with Crippen LogP contribution in [0.3, 0.4) is 0 Å². The Hall–Kier alpha value is -0.900. The van der Waals surface area contributed by atoms with E-state index in [0.717, 1.165) is 17.9 Å². The molecule has 0 aliphatic heterocycles. The maximum absolute atomic E-state index is 10.9. The van der Waals surface area contributed by atoms with E-state index in [0.29, 0.717) is 5.69 Å². The lowest BCUT2D eigenvalue weighted by Crippen LogP contribution is -2.12. The second-order valence-corrected chi connectivity index (χ2v) is 4.83. The Labute approximate surface area is 94.5 Å². The summed E-state index contributed by atoms with van der Waals surface area (Å²) in [4.78, 5) is 10.9. The van der Waals surface area contributed by atoms with Crippen molar-refractivity contribution < 1.29 is 9.90 Å². The number of aromatic nitrogens is 1. The fraction of sp³-hybridized carbons (Fsp3) is 0.545. The molecule has 1 aromatic heterocycles. The lowest BCUT2D eigenvalue weighted by atomic mass is 10.2. The van der Waals surface area contributed by atoms with Gasteiger partial charge in [-0.05, 0) is 37.0 Å². The second kappa shape index (κ2) is 5.85. The van der Waals surface area contributed by atoms with E-state index in [9.17, 15) is 4.79 Å². The average Bonchev–Trinajstić information content (AvgIpc) is 2.66. The van der Waals surface area contributed by atoms with E-state index < -0.39 is 5.97 Å². The van der Waals surface area contributed by atoms with Crippen molar-refractivity contribution in [2.24, 2.45) is 0 Å². The lowest BCUT2D eigenvalue weighted by Gasteiger charge is -2.15. The normalized spacial score (nSPS) is 12.7. The third-order valence-electron chi connectivity index (χ3n) is 2.36. The largest absolute Gasteiger partial charge is 0.477 e. The van der Waals surface area contributed by atoms with Crippen LogP contribution >= 0.6 is 11.8 Å². The van der Waals surface area contributed by atoms with E-state index in [4.69, 9.17) is 5.11 Å². The van der Waals surface area contributed by atoms with Crippen molar-refractivity contribution in [2.75, 3.05) is 11.5 Å². The summed E-state index contributed by atoms with van der Waals surface area (Å²) in [6.45, 7) is 4.19. The number of hydrogen-bond donors (Lipinski definition) is 1. The predicted octanol–water partition coefficient (Wildman–Crippen LogP) is 2.89. The SMILES string of the molecule is CCSCCC(C)n1cccc1C(=O)O. The quantitative estimate of drug-likeness (QED) is 0.760. The molecular weight excluding hydrogens is 210 g/mol. The molecule has 1 N–H and O–H groups in total. The molecule has 0 fully saturated rings. The zero-order valence-electron chi connectivity index (χ0n) is 9.14. The number of hydrogen-bond acceptors (Lipinski definition) is 2. The summed E-state index contributed by atoms with van der Waals surface area (Å²) in [6, 6.07) is 3.68. The summed E-state index contributed by atoms with van der Waals surface area (Å²) >= 11 is 1.89. The first-order chi connectivity index (χ1) is 7.16. The second-order valence-electron chi connectivity index (χ2n) is 3.44. The van der Waals surface area contributed by atoms with Gasteiger partial charge < -0.3 is 9.67 Å². The molecule has 4 heteroatoms. The van der Waals surface area contributed by atoms with Gasteiger partial charge in [-0.2, -0.15) is 11.8 Å². The molecule has 15 heavy (non-hydrogen) atoms. The van der Waals surface area contributed by atoms with Crippen molar-refractivity contribution in [3.05, 3.63) is 24.0 Å². The van der Waals surface area contributed by atoms with Gasteiger partial charge in [0, 0.05) is 12.2 Å². The van der Waals surface area contributed by atoms with Crippen molar-refractivity contribution in [1.82, 2.24) is 4.57 Å². The van der Waals surface area contributed by atoms with Gasteiger partial charge in [0.1, 0.15) is 5.69 Å². The van der Waals surface area contributed by atoms with Crippen molar-refractivity contribution in [1.29, 1.82) is 0 Å². The zero-order valence-corrected chi connectivity index (χ0v) is 9.96. The summed E-state index contributed by atoms with van der Waals surface area (Å²) in [5.74, 6) is 1.34. The first-order valence-corrected chi connectivity index (χ1v) is 6.30. The van der Waals surface area contributed by atoms with Crippen molar-refractivity contribution in [3.8, 4) is 0 Å². The van der Waals surface area contributed by atoms with Gasteiger partial charge >= 0.3 is 5.97 Å². The zero-order chi connectivity index (χ0) is 11.3. The minimum Gasteiger partial charge on any atom is -0.477 e. The van der Waals surface area contributed by atoms with Gasteiger partial charge in [0.2, 0.25) is 0 Å². The highest BCUT2D eigenvalue weighted by Crippen LogP contribution is 2.17. The number of carbonyl (C=O) groups is 1. The standard InChI is InChI=1S/C11H17NO2S/c1-3-15-8-6-9(2)12-7-4-5-10(12)11(13)14/h4-5,7,9H,3,6,8H2,1-2H3,(H,13,14). The van der Waals surface area contributed by atoms with Gasteiger partial charge in [-0.3, -0.25) is 0 Å². The maximum atomic E-state index is 10.9. The molecule has 0 spiro atoms. The van der Waals surface area contributed by atoms with E-state index in [1.165, 1.54) is 0 Å². The average molecular weight is 227 g/mol. The van der Waals surface area contributed by atoms with Gasteiger partial charge in [0.15, 0.2) is 0 Å². The van der Waals surface area contributed by atoms with Crippen LogP contribution in [0.5, 0.6) is 0 Å². The van der Waals surface area contributed by atoms with Crippen LogP contribution in [0.1, 0.15) is 36.8 Å². The highest BCUT2D eigenvalue weighted by Gasteiger charge is 2.12. The number of carboxylic acid groups (broad SMARTS) is 1. The molecule has 0 amide bonds. The smallest absolute Gasteiger partial charge is 0.352 e. The van der Waals surface area contributed by atoms with Gasteiger partial charge in [-0.15, -0.1) is 0 Å². The number of carboxylic acids is 1. The Balaban J connectivity index is 2.60. The van der Waals surface area contributed by atoms with Gasteiger partial charge in [0.25, 0.3) is 0 Å². The van der Waals surface area contributed by atoms with Crippen LogP contribution < -0.4 is 0 Å². The van der Waals surface area contributed by atoms with Crippen LogP contribution in [0, 0.1) is 0 Å². The molecular formula is C11H17NO2S. The van der Waals surface area contributed by atoms with Crippen LogP contribution in [0.15, 0.2) is 18.3 Å². The van der Waals surface area contributed by atoms with Crippen LogP contribution in [0.25, 0.3) is 0 Å². The van der Waals surface area contributed by atoms with Crippen LogP contribution in [-0.2, 0) is 0 Å². The summed E-state index contributed by atoms with van der Waals surface area (Å²) < 4.78 is 1.83. The molecule has 0 radical (unpaired) electrons. The summed E-state index contributed by atoms with van der Waals surface area (Å²) in [7, 11) is 0. The Morgan fingerprint density at radius 1 is 1.67 bits per heavy atom. The molecule has 0 saturated heterocycles. The molecule has 84 valence electrons. The fourth-order valence-corrected chi connectivity index (χ4v) is 2.29. The molecule has 1 atom stereocenters. The van der Waals surface area contributed by atoms with E-state index in [1.807, 2.05) is 22.5 Å². The van der Waals surface area contributed by atoms with Crippen molar-refractivity contribution >= 4 is 17.7 Å². The molecule has 1 aromatic rings. The number of thioether (sulfide) groups is 1. The van der Waals surface area contributed by atoms with Crippen LogP contribution in [0.4, 0.5) is 0 Å². The van der Waals surface area contributed by atoms with Crippen molar-refractivity contribution in [2.45, 2.75) is 26.3 Å². The minimum atomic E-state index is -0.852. The molecule has 0 bridgehead atoms. The van der Waals surface area contributed by atoms with E-state index in [1.54, 1.807) is 12.1 Å². The van der Waals surface area contributed by atoms with Crippen molar-refractivity contribution in [3.63, 3.8) is 0 Å². The molecule has 0 aromatic carbocycles. The van der Waals surface area contributed by atoms with E-state index in [2.05, 4.69) is 13.8 Å². The molecule has 0 aliphatic carbocycles. The topological polar surface area (TPSA) is 42.2 Å². The first-order valence-electron chi connectivity index (χ1n) is 5.14. The van der Waals surface area contributed by atoms with Crippen LogP contribution in [-0.4, -0.2) is 27.1 Å². The Kier molecular flexibility index (Phi) is 4.75. The highest BCUT2D eigenvalue weighted by molar-refractivity contribution is 7.99. The summed E-state index contributed by atoms with van der Waals surface area (Å²) in [5, 5.41) is 8.95. The third-order valence-corrected chi connectivity index (χ3v) is 3.29. The van der Waals surface area contributed by atoms with Crippen LogP contribution in [0.2, 0.25) is 0 Å². The number of nitrogens with zero attached hydrogens (tertiary/aromatic N) is 1. The fourth-order valence-electron chi connectivity index (χ4n) is 1.50. The molecule has 0 saturated carbocycles. The monoisotopic (exact) mass is 227 g/mol. The summed E-state index contributed by atoms with van der Waals surface area (Å²) in [5.41, 5.74) is 0.379. The Bertz CT molecular complexity index is 322. The van der Waals surface area contributed by atoms with Gasteiger partial charge in [-0.1, -0.05) is 6.92 Å². The molecule has 1 unspecified atom stereocenters. The molecule has 1 rings (SSSR count). The molecule has 0 aliphatic rings. The predicted molar refractivity (Wildman–Crippen MR) is 63.7 cm³/mol. The highest BCUT2D eigenvalue weighted by atomic mass is 32.2. The van der Waals surface area contributed by atoms with E-state index >= 15 is 0 Å². The van der Waals surface area contributed by atoms with Gasteiger partial charge in [0.05, 0.1) is 0 Å².